The molecule has 14 heavy (non-hydrogen) atoms. The van der Waals surface area contributed by atoms with Crippen LogP contribution < -0.4 is 5.32 Å². The van der Waals surface area contributed by atoms with Crippen molar-refractivity contribution in [2.75, 3.05) is 20.3 Å². The average Bonchev–Trinajstić information content (AvgIpc) is 2.21. The number of hydrogen-bond acceptors (Lipinski definition) is 2. The van der Waals surface area contributed by atoms with Crippen LogP contribution in [0.15, 0.2) is 0 Å². The Bertz CT molecular complexity index is 143. The first-order valence-electron chi connectivity index (χ1n) is 6.04. The Hall–Kier alpha value is -0.0800. The maximum atomic E-state index is 5.41. The first-order valence-corrected chi connectivity index (χ1v) is 6.04. The Kier molecular flexibility index (Phi) is 5.49. The molecule has 0 aromatic heterocycles. The van der Waals surface area contributed by atoms with Gasteiger partial charge in [-0.25, -0.2) is 0 Å². The minimum Gasteiger partial charge on any atom is -0.381 e. The zero-order valence-corrected chi connectivity index (χ0v) is 9.88. The monoisotopic (exact) mass is 199 g/mol. The molecule has 1 aliphatic rings. The Labute approximate surface area is 88.4 Å². The van der Waals surface area contributed by atoms with E-state index in [2.05, 4.69) is 26.2 Å². The standard InChI is InChI=1S/C12H25NO/c1-4-5-10(2)12(13-3)11-6-8-14-9-7-11/h10-13H,4-9H2,1-3H3. The summed E-state index contributed by atoms with van der Waals surface area (Å²) in [6.45, 7) is 6.57. The molecule has 2 unspecified atom stereocenters. The van der Waals surface area contributed by atoms with Crippen molar-refractivity contribution in [3.63, 3.8) is 0 Å². The van der Waals surface area contributed by atoms with Crippen LogP contribution in [0, 0.1) is 11.8 Å². The third-order valence-corrected chi connectivity index (χ3v) is 3.46. The molecule has 0 aliphatic carbocycles. The van der Waals surface area contributed by atoms with Crippen LogP contribution in [0.25, 0.3) is 0 Å². The van der Waals surface area contributed by atoms with Crippen molar-refractivity contribution in [2.45, 2.75) is 45.6 Å². The van der Waals surface area contributed by atoms with Crippen molar-refractivity contribution < 1.29 is 4.74 Å². The fourth-order valence-electron chi connectivity index (χ4n) is 2.69. The van der Waals surface area contributed by atoms with Gasteiger partial charge in [0.25, 0.3) is 0 Å². The van der Waals surface area contributed by atoms with Crippen molar-refractivity contribution in [2.24, 2.45) is 11.8 Å². The molecule has 0 amide bonds. The second-order valence-electron chi connectivity index (χ2n) is 4.53. The summed E-state index contributed by atoms with van der Waals surface area (Å²) in [6, 6.07) is 0.693. The molecule has 0 aromatic carbocycles. The van der Waals surface area contributed by atoms with Gasteiger partial charge in [-0.3, -0.25) is 0 Å². The molecule has 1 N–H and O–H groups in total. The number of hydrogen-bond donors (Lipinski definition) is 1. The van der Waals surface area contributed by atoms with E-state index < -0.39 is 0 Å². The van der Waals surface area contributed by atoms with Crippen LogP contribution >= 0.6 is 0 Å². The predicted octanol–water partition coefficient (Wildman–Crippen LogP) is 2.44. The van der Waals surface area contributed by atoms with Gasteiger partial charge in [-0.05, 0) is 38.1 Å². The molecule has 2 atom stereocenters. The molecule has 1 saturated heterocycles. The van der Waals surface area contributed by atoms with E-state index in [0.717, 1.165) is 25.0 Å². The lowest BCUT2D eigenvalue weighted by atomic mass is 9.82. The van der Waals surface area contributed by atoms with E-state index in [9.17, 15) is 0 Å². The van der Waals surface area contributed by atoms with Gasteiger partial charge in [0.15, 0.2) is 0 Å². The smallest absolute Gasteiger partial charge is 0.0469 e. The lowest BCUT2D eigenvalue weighted by molar-refractivity contribution is 0.0464. The average molecular weight is 199 g/mol. The van der Waals surface area contributed by atoms with E-state index in [1.54, 1.807) is 0 Å². The van der Waals surface area contributed by atoms with Crippen molar-refractivity contribution >= 4 is 0 Å². The molecule has 1 fully saturated rings. The van der Waals surface area contributed by atoms with Gasteiger partial charge in [-0.15, -0.1) is 0 Å². The van der Waals surface area contributed by atoms with E-state index in [4.69, 9.17) is 4.74 Å². The summed E-state index contributed by atoms with van der Waals surface area (Å²) in [5.74, 6) is 1.63. The van der Waals surface area contributed by atoms with Crippen LogP contribution in [0.3, 0.4) is 0 Å². The molecule has 0 radical (unpaired) electrons. The summed E-state index contributed by atoms with van der Waals surface area (Å²) < 4.78 is 5.41. The molecule has 0 saturated carbocycles. The van der Waals surface area contributed by atoms with Crippen LogP contribution in [0.4, 0.5) is 0 Å². The molecular weight excluding hydrogens is 174 g/mol. The predicted molar refractivity (Wildman–Crippen MR) is 60.5 cm³/mol. The second-order valence-corrected chi connectivity index (χ2v) is 4.53. The number of ether oxygens (including phenoxy) is 1. The Morgan fingerprint density at radius 3 is 2.50 bits per heavy atom. The number of rotatable bonds is 5. The van der Waals surface area contributed by atoms with E-state index in [1.165, 1.54) is 25.7 Å². The summed E-state index contributed by atoms with van der Waals surface area (Å²) >= 11 is 0. The SMILES string of the molecule is CCCC(C)C(NC)C1CCOCC1. The zero-order valence-electron chi connectivity index (χ0n) is 9.88. The highest BCUT2D eigenvalue weighted by Crippen LogP contribution is 2.25. The number of nitrogens with one attached hydrogen (secondary N) is 1. The van der Waals surface area contributed by atoms with E-state index in [0.29, 0.717) is 6.04 Å². The van der Waals surface area contributed by atoms with Gasteiger partial charge in [-0.2, -0.15) is 0 Å². The molecule has 1 heterocycles. The van der Waals surface area contributed by atoms with E-state index >= 15 is 0 Å². The zero-order chi connectivity index (χ0) is 10.4. The quantitative estimate of drug-likeness (QED) is 0.734. The Morgan fingerprint density at radius 2 is 2.00 bits per heavy atom. The highest BCUT2D eigenvalue weighted by atomic mass is 16.5. The van der Waals surface area contributed by atoms with Gasteiger partial charge in [0.05, 0.1) is 0 Å². The van der Waals surface area contributed by atoms with Gasteiger partial charge in [0.1, 0.15) is 0 Å². The fourth-order valence-corrected chi connectivity index (χ4v) is 2.69. The molecule has 1 rings (SSSR count). The summed E-state index contributed by atoms with van der Waals surface area (Å²) in [6.07, 6.45) is 5.10. The highest BCUT2D eigenvalue weighted by molar-refractivity contribution is 4.81. The van der Waals surface area contributed by atoms with Gasteiger partial charge in [0, 0.05) is 19.3 Å². The van der Waals surface area contributed by atoms with Crippen LogP contribution in [0.5, 0.6) is 0 Å². The maximum Gasteiger partial charge on any atom is 0.0469 e. The van der Waals surface area contributed by atoms with Crippen LogP contribution in [0.1, 0.15) is 39.5 Å². The van der Waals surface area contributed by atoms with Gasteiger partial charge < -0.3 is 10.1 Å². The fraction of sp³-hybridized carbons (Fsp3) is 1.00. The summed E-state index contributed by atoms with van der Waals surface area (Å²) in [5, 5.41) is 3.50. The van der Waals surface area contributed by atoms with Gasteiger partial charge >= 0.3 is 0 Å². The largest absolute Gasteiger partial charge is 0.381 e. The Balaban J connectivity index is 2.41. The normalized spacial score (nSPS) is 23.4. The minimum absolute atomic E-state index is 0.693. The summed E-state index contributed by atoms with van der Waals surface area (Å²) in [7, 11) is 2.10. The molecule has 84 valence electrons. The van der Waals surface area contributed by atoms with Crippen molar-refractivity contribution in [1.82, 2.24) is 5.32 Å². The topological polar surface area (TPSA) is 21.3 Å². The van der Waals surface area contributed by atoms with Gasteiger partial charge in [0.2, 0.25) is 0 Å². The van der Waals surface area contributed by atoms with Crippen LogP contribution in [-0.4, -0.2) is 26.3 Å². The minimum atomic E-state index is 0.693. The molecule has 2 nitrogen and oxygen atoms in total. The Morgan fingerprint density at radius 1 is 1.36 bits per heavy atom. The molecule has 1 aliphatic heterocycles. The van der Waals surface area contributed by atoms with Crippen LogP contribution in [0.2, 0.25) is 0 Å². The first-order chi connectivity index (χ1) is 6.79. The first kappa shape index (κ1) is 12.0. The van der Waals surface area contributed by atoms with Gasteiger partial charge in [-0.1, -0.05) is 20.3 Å². The molecule has 2 heteroatoms. The van der Waals surface area contributed by atoms with E-state index in [-0.39, 0.29) is 0 Å². The lowest BCUT2D eigenvalue weighted by Gasteiger charge is -2.34. The van der Waals surface area contributed by atoms with Crippen molar-refractivity contribution in [1.29, 1.82) is 0 Å². The molecule has 0 spiro atoms. The summed E-state index contributed by atoms with van der Waals surface area (Å²) in [5.41, 5.74) is 0. The maximum absolute atomic E-state index is 5.41. The van der Waals surface area contributed by atoms with Crippen LogP contribution in [-0.2, 0) is 4.74 Å². The lowest BCUT2D eigenvalue weighted by Crippen LogP contribution is -2.41. The third-order valence-electron chi connectivity index (χ3n) is 3.46. The molecular formula is C12H25NO. The van der Waals surface area contributed by atoms with E-state index in [1.807, 2.05) is 0 Å². The highest BCUT2D eigenvalue weighted by Gasteiger charge is 2.26. The second kappa shape index (κ2) is 6.41. The molecule has 0 bridgehead atoms. The van der Waals surface area contributed by atoms with Crippen molar-refractivity contribution in [3.05, 3.63) is 0 Å². The molecule has 0 aromatic rings. The third kappa shape index (κ3) is 3.25. The summed E-state index contributed by atoms with van der Waals surface area (Å²) in [4.78, 5) is 0. The van der Waals surface area contributed by atoms with Crippen molar-refractivity contribution in [3.8, 4) is 0 Å².